The van der Waals surface area contributed by atoms with Gasteiger partial charge in [0.25, 0.3) is 0 Å². The topological polar surface area (TPSA) is 9.23 Å². The Morgan fingerprint density at radius 2 is 1.89 bits per heavy atom. The van der Waals surface area contributed by atoms with Gasteiger partial charge >= 0.3 is 0 Å². The lowest BCUT2D eigenvalue weighted by atomic mass is 9.57. The van der Waals surface area contributed by atoms with Crippen molar-refractivity contribution in [3.8, 4) is 0 Å². The molecule has 2 heteroatoms. The molecular weight excluding hydrogens is 288 g/mol. The summed E-state index contributed by atoms with van der Waals surface area (Å²) in [6.07, 6.45) is 4.00. The monoisotopic (exact) mass is 308 g/mol. The van der Waals surface area contributed by atoms with E-state index in [-0.39, 0.29) is 5.60 Å². The summed E-state index contributed by atoms with van der Waals surface area (Å²) in [5.41, 5.74) is 1.70. The van der Waals surface area contributed by atoms with Crippen LogP contribution in [-0.2, 0) is 10.3 Å². The summed E-state index contributed by atoms with van der Waals surface area (Å²) in [6, 6.07) is 8.70. The highest BCUT2D eigenvalue weighted by atomic mass is 79.9. The molecule has 0 amide bonds. The molecule has 2 aliphatic heterocycles. The quantitative estimate of drug-likeness (QED) is 0.717. The molecule has 0 aromatic heterocycles. The van der Waals surface area contributed by atoms with Crippen LogP contribution in [0.15, 0.2) is 28.7 Å². The summed E-state index contributed by atoms with van der Waals surface area (Å²) in [5, 5.41) is 0. The summed E-state index contributed by atoms with van der Waals surface area (Å²) < 4.78 is 7.56. The van der Waals surface area contributed by atoms with Gasteiger partial charge in [-0.2, -0.15) is 0 Å². The smallest absolute Gasteiger partial charge is 0.0940 e. The number of halogens is 1. The van der Waals surface area contributed by atoms with E-state index < -0.39 is 0 Å². The van der Waals surface area contributed by atoms with Crippen molar-refractivity contribution in [2.24, 2.45) is 11.3 Å². The molecule has 3 unspecified atom stereocenters. The van der Waals surface area contributed by atoms with Crippen molar-refractivity contribution in [3.63, 3.8) is 0 Å². The van der Waals surface area contributed by atoms with Gasteiger partial charge in [0.05, 0.1) is 11.7 Å². The number of hydrogen-bond donors (Lipinski definition) is 0. The van der Waals surface area contributed by atoms with E-state index in [0.717, 1.165) is 16.8 Å². The van der Waals surface area contributed by atoms with E-state index in [1.165, 1.54) is 18.4 Å². The maximum absolute atomic E-state index is 6.42. The van der Waals surface area contributed by atoms with Crippen LogP contribution in [0, 0.1) is 11.3 Å². The maximum Gasteiger partial charge on any atom is 0.0940 e. The van der Waals surface area contributed by atoms with Crippen molar-refractivity contribution in [2.75, 3.05) is 0 Å². The molecule has 4 rings (SSSR count). The van der Waals surface area contributed by atoms with E-state index in [9.17, 15) is 0 Å². The molecule has 1 aromatic carbocycles. The van der Waals surface area contributed by atoms with Gasteiger partial charge in [-0.05, 0) is 55.2 Å². The number of fused-ring (bicyclic) bond motifs is 3. The SMILES string of the molecule is CC1OC2(c3ccc(Br)cc3)CCC1C(C)(C)C2. The van der Waals surface area contributed by atoms with E-state index in [4.69, 9.17) is 4.74 Å². The van der Waals surface area contributed by atoms with E-state index in [2.05, 4.69) is 61.0 Å². The normalized spacial score (nSPS) is 37.8. The summed E-state index contributed by atoms with van der Waals surface area (Å²) in [4.78, 5) is 0. The van der Waals surface area contributed by atoms with Crippen molar-refractivity contribution in [2.45, 2.75) is 51.7 Å². The van der Waals surface area contributed by atoms with Gasteiger partial charge in [0.15, 0.2) is 0 Å². The van der Waals surface area contributed by atoms with Gasteiger partial charge in [-0.25, -0.2) is 0 Å². The third kappa shape index (κ3) is 1.85. The fourth-order valence-electron chi connectivity index (χ4n) is 4.21. The second-order valence-electron chi connectivity index (χ2n) is 6.63. The molecule has 0 spiro atoms. The van der Waals surface area contributed by atoms with Gasteiger partial charge in [-0.1, -0.05) is 41.9 Å². The van der Waals surface area contributed by atoms with E-state index in [1.807, 2.05) is 0 Å². The Balaban J connectivity index is 2.01. The van der Waals surface area contributed by atoms with Gasteiger partial charge in [-0.15, -0.1) is 0 Å². The third-order valence-corrected chi connectivity index (χ3v) is 5.48. The zero-order chi connectivity index (χ0) is 13.0. The first-order valence-electron chi connectivity index (χ1n) is 6.87. The minimum Gasteiger partial charge on any atom is -0.367 e. The maximum atomic E-state index is 6.42. The minimum atomic E-state index is -0.0433. The first-order chi connectivity index (χ1) is 8.43. The van der Waals surface area contributed by atoms with Crippen LogP contribution in [0.25, 0.3) is 0 Å². The summed E-state index contributed by atoms with van der Waals surface area (Å²) in [7, 11) is 0. The standard InChI is InChI=1S/C16H21BrO/c1-11-14-8-9-16(18-11,10-15(14,2)3)12-4-6-13(17)7-5-12/h4-7,11,14H,8-10H2,1-3H3. The average Bonchev–Trinajstić information content (AvgIpc) is 2.27. The van der Waals surface area contributed by atoms with Crippen LogP contribution in [0.5, 0.6) is 0 Å². The molecule has 0 radical (unpaired) electrons. The Morgan fingerprint density at radius 3 is 2.44 bits per heavy atom. The highest BCUT2D eigenvalue weighted by Gasteiger charge is 2.54. The van der Waals surface area contributed by atoms with Crippen LogP contribution >= 0.6 is 15.9 Å². The van der Waals surface area contributed by atoms with Gasteiger partial charge < -0.3 is 4.74 Å². The molecule has 3 aliphatic rings. The lowest BCUT2D eigenvalue weighted by Crippen LogP contribution is -2.55. The van der Waals surface area contributed by atoms with Crippen LogP contribution in [-0.4, -0.2) is 6.10 Å². The van der Waals surface area contributed by atoms with E-state index in [1.54, 1.807) is 0 Å². The van der Waals surface area contributed by atoms with Crippen LogP contribution in [0.2, 0.25) is 0 Å². The Labute approximate surface area is 118 Å². The van der Waals surface area contributed by atoms with Crippen molar-refractivity contribution in [1.29, 1.82) is 0 Å². The molecule has 3 fully saturated rings. The van der Waals surface area contributed by atoms with Gasteiger partial charge in [-0.3, -0.25) is 0 Å². The lowest BCUT2D eigenvalue weighted by Gasteiger charge is -2.58. The molecule has 2 saturated heterocycles. The van der Waals surface area contributed by atoms with Gasteiger partial charge in [0.2, 0.25) is 0 Å². The largest absolute Gasteiger partial charge is 0.367 e. The highest BCUT2D eigenvalue weighted by Crippen LogP contribution is 2.58. The van der Waals surface area contributed by atoms with Crippen molar-refractivity contribution in [1.82, 2.24) is 0 Å². The first-order valence-corrected chi connectivity index (χ1v) is 7.66. The molecule has 18 heavy (non-hydrogen) atoms. The molecule has 0 N–H and O–H groups in total. The van der Waals surface area contributed by atoms with Crippen LogP contribution in [0.1, 0.15) is 45.6 Å². The lowest BCUT2D eigenvalue weighted by molar-refractivity contribution is -0.237. The summed E-state index contributed by atoms with van der Waals surface area (Å²) in [5.74, 6) is 0.717. The Bertz CT molecular complexity index is 451. The third-order valence-electron chi connectivity index (χ3n) is 4.95. The van der Waals surface area contributed by atoms with Crippen LogP contribution in [0.4, 0.5) is 0 Å². The zero-order valence-corrected chi connectivity index (χ0v) is 13.0. The van der Waals surface area contributed by atoms with E-state index >= 15 is 0 Å². The molecule has 2 heterocycles. The molecule has 1 nitrogen and oxygen atoms in total. The fourth-order valence-corrected chi connectivity index (χ4v) is 4.48. The van der Waals surface area contributed by atoms with E-state index in [0.29, 0.717) is 11.5 Å². The first kappa shape index (κ1) is 12.7. The van der Waals surface area contributed by atoms with Crippen LogP contribution < -0.4 is 0 Å². The second kappa shape index (κ2) is 4.08. The molecule has 1 saturated carbocycles. The molecule has 2 bridgehead atoms. The highest BCUT2D eigenvalue weighted by molar-refractivity contribution is 9.10. The van der Waals surface area contributed by atoms with Crippen molar-refractivity contribution in [3.05, 3.63) is 34.3 Å². The van der Waals surface area contributed by atoms with Crippen molar-refractivity contribution < 1.29 is 4.74 Å². The molecule has 3 atom stereocenters. The molecule has 98 valence electrons. The molecule has 1 aliphatic carbocycles. The summed E-state index contributed by atoms with van der Waals surface area (Å²) in [6.45, 7) is 7.06. The van der Waals surface area contributed by atoms with Gasteiger partial charge in [0.1, 0.15) is 0 Å². The summed E-state index contributed by atoms with van der Waals surface area (Å²) >= 11 is 3.51. The Hall–Kier alpha value is -0.340. The Kier molecular flexibility index (Phi) is 2.87. The zero-order valence-electron chi connectivity index (χ0n) is 11.4. The van der Waals surface area contributed by atoms with Crippen LogP contribution in [0.3, 0.4) is 0 Å². The second-order valence-corrected chi connectivity index (χ2v) is 7.55. The predicted molar refractivity (Wildman–Crippen MR) is 77.5 cm³/mol. The average molecular weight is 309 g/mol. The molecule has 1 aromatic rings. The van der Waals surface area contributed by atoms with Crippen molar-refractivity contribution >= 4 is 15.9 Å². The number of hydrogen-bond acceptors (Lipinski definition) is 1. The molecular formula is C16H21BrO. The Morgan fingerprint density at radius 1 is 1.22 bits per heavy atom. The minimum absolute atomic E-state index is 0.0433. The fraction of sp³-hybridized carbons (Fsp3) is 0.625. The van der Waals surface area contributed by atoms with Gasteiger partial charge in [0, 0.05) is 4.47 Å². The number of benzene rings is 1. The number of rotatable bonds is 1. The number of ether oxygens (including phenoxy) is 1. The predicted octanol–water partition coefficient (Wildman–Crippen LogP) is 4.89.